The number of amides is 1. The molecule has 0 bridgehead atoms. The molecule has 1 fully saturated rings. The lowest BCUT2D eigenvalue weighted by atomic mass is 9.97. The van der Waals surface area contributed by atoms with Crippen molar-refractivity contribution in [1.82, 2.24) is 9.55 Å². The van der Waals surface area contributed by atoms with Gasteiger partial charge in [0.15, 0.2) is 5.82 Å². The monoisotopic (exact) mass is 579 g/mol. The molecule has 8 heteroatoms. The molecule has 1 saturated heterocycles. The number of benzene rings is 3. The van der Waals surface area contributed by atoms with Crippen LogP contribution in [0.5, 0.6) is 0 Å². The number of nitrogens with one attached hydrogen (secondary N) is 2. The molecule has 1 amide bonds. The first-order chi connectivity index (χ1) is 20.9. The molecule has 1 aliphatic heterocycles. The first-order valence-electron chi connectivity index (χ1n) is 15.2. The van der Waals surface area contributed by atoms with Crippen molar-refractivity contribution < 1.29 is 9.90 Å². The third-order valence-electron chi connectivity index (χ3n) is 8.36. The Labute approximate surface area is 253 Å². The minimum Gasteiger partial charge on any atom is -0.396 e. The minimum atomic E-state index is -0.232. The highest BCUT2D eigenvalue weighted by molar-refractivity contribution is 6.06. The number of anilines is 4. The summed E-state index contributed by atoms with van der Waals surface area (Å²) in [4.78, 5) is 33.4. The minimum absolute atomic E-state index is 0.135. The third-order valence-corrected chi connectivity index (χ3v) is 8.36. The van der Waals surface area contributed by atoms with Crippen LogP contribution < -0.4 is 21.1 Å². The topological polar surface area (TPSA) is 99.5 Å². The van der Waals surface area contributed by atoms with E-state index in [1.54, 1.807) is 13.2 Å². The summed E-state index contributed by atoms with van der Waals surface area (Å²) in [6.45, 7) is 6.20. The fourth-order valence-corrected chi connectivity index (χ4v) is 5.65. The number of hydrogen-bond donors (Lipinski definition) is 3. The van der Waals surface area contributed by atoms with Gasteiger partial charge in [-0.15, -0.1) is 0 Å². The number of carbonyl (C=O) groups is 1. The number of aromatic nitrogens is 2. The number of nitrogens with zero attached hydrogens (tertiary/aromatic N) is 3. The Balaban J connectivity index is 1.35. The second kappa shape index (κ2) is 13.7. The van der Waals surface area contributed by atoms with E-state index in [-0.39, 0.29) is 23.9 Å². The molecule has 1 aromatic heterocycles. The fourth-order valence-electron chi connectivity index (χ4n) is 5.65. The van der Waals surface area contributed by atoms with Crippen LogP contribution in [0.2, 0.25) is 0 Å². The van der Waals surface area contributed by atoms with Gasteiger partial charge in [0.05, 0.1) is 5.69 Å². The van der Waals surface area contributed by atoms with Gasteiger partial charge in [-0.25, -0.2) is 4.98 Å². The van der Waals surface area contributed by atoms with Gasteiger partial charge in [-0.05, 0) is 86.1 Å². The zero-order valence-electron chi connectivity index (χ0n) is 25.3. The summed E-state index contributed by atoms with van der Waals surface area (Å²) in [5.41, 5.74) is 6.43. The first-order valence-corrected chi connectivity index (χ1v) is 15.2. The lowest BCUT2D eigenvalue weighted by Crippen LogP contribution is -2.34. The molecule has 5 rings (SSSR count). The van der Waals surface area contributed by atoms with Crippen LogP contribution >= 0.6 is 0 Å². The van der Waals surface area contributed by atoms with E-state index < -0.39 is 0 Å². The van der Waals surface area contributed by atoms with Gasteiger partial charge in [0, 0.05) is 61.1 Å². The van der Waals surface area contributed by atoms with Crippen LogP contribution in [0.25, 0.3) is 11.3 Å². The van der Waals surface area contributed by atoms with E-state index >= 15 is 0 Å². The molecule has 1 aliphatic rings. The number of carbonyl (C=O) groups excluding carboxylic acids is 1. The highest BCUT2D eigenvalue weighted by atomic mass is 16.3. The number of aliphatic hydroxyl groups excluding tert-OH is 1. The van der Waals surface area contributed by atoms with Gasteiger partial charge in [-0.2, -0.15) is 0 Å². The number of aryl methyl sites for hydroxylation is 2. The quantitative estimate of drug-likeness (QED) is 0.204. The maximum atomic E-state index is 13.3. The van der Waals surface area contributed by atoms with Gasteiger partial charge in [-0.3, -0.25) is 9.59 Å². The van der Waals surface area contributed by atoms with E-state index in [4.69, 9.17) is 4.98 Å². The van der Waals surface area contributed by atoms with E-state index in [1.165, 1.54) is 4.57 Å². The van der Waals surface area contributed by atoms with Crippen molar-refractivity contribution in [2.45, 2.75) is 46.0 Å². The standard InChI is InChI=1S/C35H41N5O3/c1-4-5-9-26-10-6-7-11-30(26)34(42)38-31-13-8-12-29(24(31)2)32-22-39(3)35(43)33(37-32)36-27-14-16-28(17-15-27)40-20-18-25(23-41)19-21-40/h6-8,10-17,22,25,41H,4-5,9,18-21,23H2,1-3H3,(H,36,37)(H,38,42). The second-order valence-electron chi connectivity index (χ2n) is 11.4. The van der Waals surface area contributed by atoms with Gasteiger partial charge in [0.2, 0.25) is 0 Å². The number of piperidine rings is 1. The summed E-state index contributed by atoms with van der Waals surface area (Å²) in [7, 11) is 1.71. The van der Waals surface area contributed by atoms with Gasteiger partial charge in [0.25, 0.3) is 11.5 Å². The summed E-state index contributed by atoms with van der Waals surface area (Å²) in [5.74, 6) is 0.485. The van der Waals surface area contributed by atoms with Crippen LogP contribution in [0, 0.1) is 12.8 Å². The number of hydrogen-bond acceptors (Lipinski definition) is 6. The molecule has 2 heterocycles. The SMILES string of the molecule is CCCCc1ccccc1C(=O)Nc1cccc(-c2cn(C)c(=O)c(Nc3ccc(N4CCC(CO)CC4)cc3)n2)c1C. The maximum Gasteiger partial charge on any atom is 0.293 e. The largest absolute Gasteiger partial charge is 0.396 e. The summed E-state index contributed by atoms with van der Waals surface area (Å²) in [5, 5.41) is 15.7. The smallest absolute Gasteiger partial charge is 0.293 e. The van der Waals surface area contributed by atoms with Crippen molar-refractivity contribution in [3.8, 4) is 11.3 Å². The van der Waals surface area contributed by atoms with Crippen molar-refractivity contribution in [2.24, 2.45) is 13.0 Å². The van der Waals surface area contributed by atoms with Crippen LogP contribution in [0.4, 0.5) is 22.9 Å². The molecule has 224 valence electrons. The molecule has 0 atom stereocenters. The molecule has 43 heavy (non-hydrogen) atoms. The highest BCUT2D eigenvalue weighted by Crippen LogP contribution is 2.29. The highest BCUT2D eigenvalue weighted by Gasteiger charge is 2.19. The van der Waals surface area contributed by atoms with Crippen molar-refractivity contribution >= 4 is 28.8 Å². The average molecular weight is 580 g/mol. The van der Waals surface area contributed by atoms with Crippen LogP contribution in [-0.2, 0) is 13.5 Å². The maximum absolute atomic E-state index is 13.3. The fraction of sp³-hybridized carbons (Fsp3) is 0.343. The van der Waals surface area contributed by atoms with Gasteiger partial charge in [0.1, 0.15) is 0 Å². The molecule has 8 nitrogen and oxygen atoms in total. The first kappa shape index (κ1) is 30.0. The van der Waals surface area contributed by atoms with Crippen molar-refractivity contribution in [2.75, 3.05) is 35.2 Å². The number of unbranched alkanes of at least 4 members (excludes halogenated alkanes) is 1. The molecule has 0 radical (unpaired) electrons. The molecule has 3 N–H and O–H groups in total. The zero-order chi connectivity index (χ0) is 30.3. The van der Waals surface area contributed by atoms with Crippen molar-refractivity contribution in [3.63, 3.8) is 0 Å². The van der Waals surface area contributed by atoms with E-state index in [0.717, 1.165) is 73.3 Å². The molecule has 0 aliphatic carbocycles. The van der Waals surface area contributed by atoms with Crippen molar-refractivity contribution in [3.05, 3.63) is 100.0 Å². The molecule has 0 spiro atoms. The normalized spacial score (nSPS) is 13.6. The Morgan fingerprint density at radius 2 is 1.77 bits per heavy atom. The Morgan fingerprint density at radius 1 is 1.02 bits per heavy atom. The zero-order valence-corrected chi connectivity index (χ0v) is 25.3. The second-order valence-corrected chi connectivity index (χ2v) is 11.4. The van der Waals surface area contributed by atoms with Gasteiger partial charge >= 0.3 is 0 Å². The van der Waals surface area contributed by atoms with Gasteiger partial charge < -0.3 is 25.2 Å². The lowest BCUT2D eigenvalue weighted by Gasteiger charge is -2.32. The van der Waals surface area contributed by atoms with Crippen LogP contribution in [-0.4, -0.2) is 40.3 Å². The van der Waals surface area contributed by atoms with E-state index in [2.05, 4.69) is 22.5 Å². The average Bonchev–Trinajstić information content (AvgIpc) is 3.03. The predicted molar refractivity (Wildman–Crippen MR) is 174 cm³/mol. The predicted octanol–water partition coefficient (Wildman–Crippen LogP) is 6.30. The molecule has 4 aromatic rings. The number of rotatable bonds is 10. The molecular weight excluding hydrogens is 538 g/mol. The summed E-state index contributed by atoms with van der Waals surface area (Å²) < 4.78 is 1.53. The van der Waals surface area contributed by atoms with Crippen LogP contribution in [0.15, 0.2) is 77.7 Å². The van der Waals surface area contributed by atoms with E-state index in [1.807, 2.05) is 73.7 Å². The Hall–Kier alpha value is -4.43. The summed E-state index contributed by atoms with van der Waals surface area (Å²) in [6.07, 6.45) is 6.65. The Bertz CT molecular complexity index is 1620. The van der Waals surface area contributed by atoms with E-state index in [0.29, 0.717) is 22.9 Å². The molecule has 3 aromatic carbocycles. The van der Waals surface area contributed by atoms with Crippen molar-refractivity contribution in [1.29, 1.82) is 0 Å². The third kappa shape index (κ3) is 6.97. The van der Waals surface area contributed by atoms with E-state index in [9.17, 15) is 14.7 Å². The van der Waals surface area contributed by atoms with Gasteiger partial charge in [-0.1, -0.05) is 43.7 Å². The number of aliphatic hydroxyl groups is 1. The van der Waals surface area contributed by atoms with Crippen LogP contribution in [0.1, 0.15) is 54.1 Å². The summed E-state index contributed by atoms with van der Waals surface area (Å²) in [6, 6.07) is 21.5. The molecular formula is C35H41N5O3. The molecule has 0 saturated carbocycles. The Morgan fingerprint density at radius 3 is 2.49 bits per heavy atom. The lowest BCUT2D eigenvalue weighted by molar-refractivity contribution is 0.102. The summed E-state index contributed by atoms with van der Waals surface area (Å²) >= 11 is 0. The van der Waals surface area contributed by atoms with Crippen LogP contribution in [0.3, 0.4) is 0 Å². The molecule has 0 unspecified atom stereocenters. The Kier molecular flexibility index (Phi) is 9.57.